The van der Waals surface area contributed by atoms with E-state index in [-0.39, 0.29) is 0 Å². The Kier molecular flexibility index (Phi) is 4.44. The van der Waals surface area contributed by atoms with E-state index in [1.165, 1.54) is 0 Å². The maximum Gasteiger partial charge on any atom is 0.200 e. The first-order valence-corrected chi connectivity index (χ1v) is 6.88. The highest BCUT2D eigenvalue weighted by molar-refractivity contribution is 5.83. The number of benzene rings is 1. The molecule has 0 saturated heterocycles. The van der Waals surface area contributed by atoms with E-state index >= 15 is 0 Å². The van der Waals surface area contributed by atoms with Gasteiger partial charge in [0, 0.05) is 0 Å². The third-order valence-electron chi connectivity index (χ3n) is 3.75. The maximum absolute atomic E-state index is 13.8. The first-order chi connectivity index (χ1) is 12.6. The number of allylic oxidation sites excluding steroid dienone is 10. The van der Waals surface area contributed by atoms with Crippen LogP contribution in [0.5, 0.6) is 0 Å². The van der Waals surface area contributed by atoms with E-state index in [0.29, 0.717) is 18.2 Å². The molecule has 0 radical (unpaired) electrons. The van der Waals surface area contributed by atoms with Gasteiger partial charge in [0.15, 0.2) is 23.3 Å². The molecule has 0 fully saturated rings. The average Bonchev–Trinajstić information content (AvgIpc) is 3.11. The van der Waals surface area contributed by atoms with Crippen molar-refractivity contribution in [1.82, 2.24) is 0 Å². The van der Waals surface area contributed by atoms with E-state index in [1.54, 1.807) is 0 Å². The molecule has 0 nitrogen and oxygen atoms in total. The molecule has 0 aliphatic heterocycles. The standard InChI is InChI=1S/C17H3F10/c18-8-6(9(19)13(23)16(26)12(8)22)4-1-2-5(3-4)7-10(20)14(24)17(27)15(25)11(7)21/h1-3H/q-1. The van der Waals surface area contributed by atoms with Gasteiger partial charge in [-0.15, -0.1) is 0 Å². The van der Waals surface area contributed by atoms with E-state index in [1.807, 2.05) is 0 Å². The first-order valence-electron chi connectivity index (χ1n) is 6.88. The summed E-state index contributed by atoms with van der Waals surface area (Å²) in [5, 5.41) is 0. The minimum atomic E-state index is -2.42. The quantitative estimate of drug-likeness (QED) is 0.221. The molecule has 142 valence electrons. The van der Waals surface area contributed by atoms with Gasteiger partial charge < -0.3 is 0 Å². The smallest absolute Gasteiger partial charge is 0.200 e. The van der Waals surface area contributed by atoms with Gasteiger partial charge in [-0.2, -0.15) is 0 Å². The Morgan fingerprint density at radius 3 is 1.67 bits per heavy atom. The average molecular weight is 397 g/mol. The second-order valence-corrected chi connectivity index (χ2v) is 5.28. The maximum atomic E-state index is 13.8. The van der Waals surface area contributed by atoms with Gasteiger partial charge in [0.2, 0.25) is 5.82 Å². The predicted octanol–water partition coefficient (Wildman–Crippen LogP) is 6.45. The zero-order chi connectivity index (χ0) is 20.2. The van der Waals surface area contributed by atoms with Gasteiger partial charge in [0.25, 0.3) is 0 Å². The van der Waals surface area contributed by atoms with Crippen LogP contribution in [-0.4, -0.2) is 0 Å². The number of halogens is 10. The summed E-state index contributed by atoms with van der Waals surface area (Å²) < 4.78 is 134. The highest BCUT2D eigenvalue weighted by Gasteiger charge is 2.31. The summed E-state index contributed by atoms with van der Waals surface area (Å²) in [4.78, 5) is 0. The zero-order valence-electron chi connectivity index (χ0n) is 12.5. The molecule has 2 aliphatic carbocycles. The molecule has 10 heteroatoms. The normalized spacial score (nSPS) is 20.2. The summed E-state index contributed by atoms with van der Waals surface area (Å²) in [7, 11) is 0. The van der Waals surface area contributed by atoms with Crippen LogP contribution in [0, 0.1) is 35.3 Å². The fraction of sp³-hybridized carbons (Fsp3) is 0. The molecule has 0 bridgehead atoms. The molecule has 2 aliphatic rings. The molecule has 1 aromatic carbocycles. The van der Waals surface area contributed by atoms with Crippen molar-refractivity contribution >= 4 is 5.57 Å². The van der Waals surface area contributed by atoms with Crippen LogP contribution in [-0.2, 0) is 0 Å². The van der Waals surface area contributed by atoms with Crippen LogP contribution in [0.25, 0.3) is 5.57 Å². The fourth-order valence-corrected chi connectivity index (χ4v) is 2.47. The highest BCUT2D eigenvalue weighted by Crippen LogP contribution is 2.46. The fourth-order valence-electron chi connectivity index (χ4n) is 2.47. The Balaban J connectivity index is 2.21. The summed E-state index contributed by atoms with van der Waals surface area (Å²) in [5.41, 5.74) is -4.27. The van der Waals surface area contributed by atoms with Crippen LogP contribution in [0.2, 0.25) is 0 Å². The van der Waals surface area contributed by atoms with E-state index in [4.69, 9.17) is 0 Å². The summed E-state index contributed by atoms with van der Waals surface area (Å²) in [6.07, 6.45) is -0.214. The Morgan fingerprint density at radius 2 is 1.11 bits per heavy atom. The third kappa shape index (κ3) is 2.66. The van der Waals surface area contributed by atoms with Gasteiger partial charge in [-0.3, -0.25) is 13.2 Å². The van der Waals surface area contributed by atoms with Crippen molar-refractivity contribution in [3.63, 3.8) is 0 Å². The van der Waals surface area contributed by atoms with Gasteiger partial charge in [-0.1, -0.05) is 29.4 Å². The predicted molar refractivity (Wildman–Crippen MR) is 73.2 cm³/mol. The van der Waals surface area contributed by atoms with Crippen molar-refractivity contribution in [3.8, 4) is 0 Å². The minimum absolute atomic E-state index is 0.524. The van der Waals surface area contributed by atoms with Gasteiger partial charge >= 0.3 is 0 Å². The largest absolute Gasteiger partial charge is 0.262 e. The lowest BCUT2D eigenvalue weighted by Crippen LogP contribution is -2.08. The molecular formula is C17H3F10-. The van der Waals surface area contributed by atoms with Crippen molar-refractivity contribution in [1.29, 1.82) is 0 Å². The molecule has 0 saturated carbocycles. The van der Waals surface area contributed by atoms with Crippen molar-refractivity contribution in [2.45, 2.75) is 0 Å². The topological polar surface area (TPSA) is 0 Å². The third-order valence-corrected chi connectivity index (χ3v) is 3.75. The molecule has 0 amide bonds. The molecule has 3 rings (SSSR count). The van der Waals surface area contributed by atoms with Crippen LogP contribution >= 0.6 is 0 Å². The molecule has 0 N–H and O–H groups in total. The SMILES string of the molecule is FC1=C(F)/C(=C2\C=CC(c3c(F)c(F)c(F)c(F)c3F)=C2)[C-](F)C(F)=C1F. The van der Waals surface area contributed by atoms with Crippen LogP contribution < -0.4 is 0 Å². The molecule has 0 atom stereocenters. The van der Waals surface area contributed by atoms with Crippen molar-refractivity contribution in [2.75, 3.05) is 0 Å². The van der Waals surface area contributed by atoms with Crippen LogP contribution in [0.15, 0.2) is 52.7 Å². The summed E-state index contributed by atoms with van der Waals surface area (Å²) >= 11 is 0. The monoisotopic (exact) mass is 397 g/mol. The molecule has 0 spiro atoms. The minimum Gasteiger partial charge on any atom is -0.262 e. The lowest BCUT2D eigenvalue weighted by Gasteiger charge is -2.25. The zero-order valence-corrected chi connectivity index (χ0v) is 12.5. The van der Waals surface area contributed by atoms with E-state index in [0.717, 1.165) is 0 Å². The second kappa shape index (κ2) is 6.36. The first kappa shape index (κ1) is 18.9. The van der Waals surface area contributed by atoms with Gasteiger partial charge in [-0.25, -0.2) is 30.7 Å². The van der Waals surface area contributed by atoms with Crippen LogP contribution in [0.1, 0.15) is 5.56 Å². The lowest BCUT2D eigenvalue weighted by atomic mass is 9.96. The summed E-state index contributed by atoms with van der Waals surface area (Å²) in [6, 6.07) is 0. The Morgan fingerprint density at radius 1 is 0.593 bits per heavy atom. The molecule has 0 unspecified atom stereocenters. The van der Waals surface area contributed by atoms with Crippen LogP contribution in [0.3, 0.4) is 0 Å². The van der Waals surface area contributed by atoms with Crippen molar-refractivity contribution in [3.05, 3.63) is 93.5 Å². The van der Waals surface area contributed by atoms with E-state index in [9.17, 15) is 43.9 Å². The molecular weight excluding hydrogens is 394 g/mol. The number of hydrogen-bond donors (Lipinski definition) is 0. The summed E-state index contributed by atoms with van der Waals surface area (Å²) in [5.74, 6) is -20.6. The summed E-state index contributed by atoms with van der Waals surface area (Å²) in [6.45, 7) is 0. The Hall–Kier alpha value is -2.91. The second-order valence-electron chi connectivity index (χ2n) is 5.28. The molecule has 0 heterocycles. The van der Waals surface area contributed by atoms with E-state index < -0.39 is 80.8 Å². The Labute approximate surface area is 144 Å². The van der Waals surface area contributed by atoms with Gasteiger partial charge in [0.1, 0.15) is 17.5 Å². The number of hydrogen-bond acceptors (Lipinski definition) is 0. The van der Waals surface area contributed by atoms with Crippen LogP contribution in [0.4, 0.5) is 43.9 Å². The molecule has 0 aromatic heterocycles. The van der Waals surface area contributed by atoms with Crippen molar-refractivity contribution < 1.29 is 43.9 Å². The molecule has 1 aromatic rings. The van der Waals surface area contributed by atoms with Gasteiger partial charge in [0.05, 0.1) is 17.6 Å². The Bertz CT molecular complexity index is 994. The molecule has 27 heavy (non-hydrogen) atoms. The number of rotatable bonds is 1. The van der Waals surface area contributed by atoms with Crippen molar-refractivity contribution in [2.24, 2.45) is 0 Å². The lowest BCUT2D eigenvalue weighted by molar-refractivity contribution is 0.376. The highest BCUT2D eigenvalue weighted by atomic mass is 19.2. The van der Waals surface area contributed by atoms with E-state index in [2.05, 4.69) is 0 Å². The van der Waals surface area contributed by atoms with Gasteiger partial charge in [-0.05, 0) is 5.57 Å².